The topological polar surface area (TPSA) is 86.7 Å². The predicted molar refractivity (Wildman–Crippen MR) is 89.5 cm³/mol. The van der Waals surface area contributed by atoms with Crippen LogP contribution < -0.4 is 5.32 Å². The molecule has 7 heteroatoms. The molecule has 1 aromatic rings. The zero-order valence-electron chi connectivity index (χ0n) is 13.4. The molecule has 0 spiro atoms. The Morgan fingerprint density at radius 3 is 2.75 bits per heavy atom. The fourth-order valence-electron chi connectivity index (χ4n) is 3.65. The molecule has 2 atom stereocenters. The summed E-state index contributed by atoms with van der Waals surface area (Å²) in [7, 11) is 0. The summed E-state index contributed by atoms with van der Waals surface area (Å²) < 4.78 is 0. The van der Waals surface area contributed by atoms with Crippen molar-refractivity contribution in [3.05, 3.63) is 22.4 Å². The number of rotatable bonds is 6. The average Bonchev–Trinajstić information content (AvgIpc) is 3.27. The van der Waals surface area contributed by atoms with Gasteiger partial charge in [0.1, 0.15) is 0 Å². The molecule has 1 aromatic heterocycles. The highest BCUT2D eigenvalue weighted by atomic mass is 32.1. The maximum Gasteiger partial charge on any atom is 0.305 e. The van der Waals surface area contributed by atoms with Gasteiger partial charge in [0.05, 0.1) is 18.4 Å². The lowest BCUT2D eigenvalue weighted by Crippen LogP contribution is -2.38. The summed E-state index contributed by atoms with van der Waals surface area (Å²) in [6.07, 6.45) is 4.41. The molecule has 3 rings (SSSR count). The van der Waals surface area contributed by atoms with Gasteiger partial charge in [0.25, 0.3) is 0 Å². The van der Waals surface area contributed by atoms with E-state index >= 15 is 0 Å². The van der Waals surface area contributed by atoms with E-state index in [1.165, 1.54) is 11.3 Å². The van der Waals surface area contributed by atoms with Crippen molar-refractivity contribution in [3.63, 3.8) is 0 Å². The van der Waals surface area contributed by atoms with Gasteiger partial charge in [0.15, 0.2) is 0 Å². The van der Waals surface area contributed by atoms with Gasteiger partial charge < -0.3 is 15.3 Å². The first-order valence-corrected chi connectivity index (χ1v) is 9.27. The number of thiophene rings is 1. The van der Waals surface area contributed by atoms with E-state index in [1.807, 2.05) is 22.4 Å². The van der Waals surface area contributed by atoms with E-state index in [2.05, 4.69) is 5.32 Å². The van der Waals surface area contributed by atoms with Crippen molar-refractivity contribution in [2.24, 2.45) is 5.92 Å². The second-order valence-electron chi connectivity index (χ2n) is 6.56. The van der Waals surface area contributed by atoms with Crippen molar-refractivity contribution in [3.8, 4) is 0 Å². The highest BCUT2D eigenvalue weighted by Crippen LogP contribution is 2.30. The fraction of sp³-hybridized carbons (Fsp3) is 0.588. The summed E-state index contributed by atoms with van der Waals surface area (Å²) in [4.78, 5) is 38.5. The Labute approximate surface area is 144 Å². The van der Waals surface area contributed by atoms with Crippen LogP contribution in [0.25, 0.3) is 0 Å². The first kappa shape index (κ1) is 17.0. The third-order valence-electron chi connectivity index (χ3n) is 4.88. The SMILES string of the molecule is O=C(O)C[C@@H](NC(=O)[C@@H]1CC(=O)N(C2CCCC2)C1)c1cccs1. The van der Waals surface area contributed by atoms with Gasteiger partial charge in [-0.05, 0) is 24.3 Å². The summed E-state index contributed by atoms with van der Waals surface area (Å²) >= 11 is 1.42. The predicted octanol–water partition coefficient (Wildman–Crippen LogP) is 2.17. The van der Waals surface area contributed by atoms with Crippen molar-refractivity contribution in [2.45, 2.75) is 50.6 Å². The highest BCUT2D eigenvalue weighted by molar-refractivity contribution is 7.10. The van der Waals surface area contributed by atoms with Crippen LogP contribution in [0.5, 0.6) is 0 Å². The molecule has 24 heavy (non-hydrogen) atoms. The number of hydrogen-bond donors (Lipinski definition) is 2. The van der Waals surface area contributed by atoms with Gasteiger partial charge in [-0.1, -0.05) is 18.9 Å². The Balaban J connectivity index is 1.63. The zero-order chi connectivity index (χ0) is 17.1. The number of carbonyl (C=O) groups is 3. The van der Waals surface area contributed by atoms with E-state index in [1.54, 1.807) is 0 Å². The number of amides is 2. The molecule has 130 valence electrons. The standard InChI is InChI=1S/C17H22N2O4S/c20-15-8-11(10-19(15)12-4-1-2-5-12)17(23)18-13(9-16(21)22)14-6-3-7-24-14/h3,6-7,11-13H,1-2,4-5,8-10H2,(H,18,23)(H,21,22)/t11-,13-/m1/s1. The fourth-order valence-corrected chi connectivity index (χ4v) is 4.43. The van der Waals surface area contributed by atoms with E-state index in [-0.39, 0.29) is 36.6 Å². The normalized spacial score (nSPS) is 22.8. The van der Waals surface area contributed by atoms with Crippen LogP contribution in [0.3, 0.4) is 0 Å². The smallest absolute Gasteiger partial charge is 0.305 e. The molecular weight excluding hydrogens is 328 g/mol. The summed E-state index contributed by atoms with van der Waals surface area (Å²) in [5.41, 5.74) is 0. The van der Waals surface area contributed by atoms with Gasteiger partial charge in [-0.15, -0.1) is 11.3 Å². The monoisotopic (exact) mass is 350 g/mol. The minimum atomic E-state index is -0.955. The molecule has 2 fully saturated rings. The molecule has 0 unspecified atom stereocenters. The molecule has 6 nitrogen and oxygen atoms in total. The van der Waals surface area contributed by atoms with Gasteiger partial charge in [-0.25, -0.2) is 0 Å². The summed E-state index contributed by atoms with van der Waals surface area (Å²) in [6, 6.07) is 3.40. The summed E-state index contributed by atoms with van der Waals surface area (Å²) in [5.74, 6) is -1.51. The lowest BCUT2D eigenvalue weighted by Gasteiger charge is -2.24. The summed E-state index contributed by atoms with van der Waals surface area (Å²) in [6.45, 7) is 0.458. The third-order valence-corrected chi connectivity index (χ3v) is 5.86. The molecule has 2 heterocycles. The molecule has 1 aliphatic carbocycles. The second-order valence-corrected chi connectivity index (χ2v) is 7.54. The van der Waals surface area contributed by atoms with Crippen molar-refractivity contribution in [1.82, 2.24) is 10.2 Å². The number of carboxylic acid groups (broad SMARTS) is 1. The minimum absolute atomic E-state index is 0.0490. The van der Waals surface area contributed by atoms with Crippen LogP contribution in [-0.2, 0) is 14.4 Å². The van der Waals surface area contributed by atoms with Crippen LogP contribution in [0.4, 0.5) is 0 Å². The average molecular weight is 350 g/mol. The number of nitrogens with zero attached hydrogens (tertiary/aromatic N) is 1. The maximum absolute atomic E-state index is 12.6. The maximum atomic E-state index is 12.6. The lowest BCUT2D eigenvalue weighted by molar-refractivity contribution is -0.138. The molecule has 1 aliphatic heterocycles. The Morgan fingerprint density at radius 1 is 1.38 bits per heavy atom. The number of hydrogen-bond acceptors (Lipinski definition) is 4. The highest BCUT2D eigenvalue weighted by Gasteiger charge is 2.39. The van der Waals surface area contributed by atoms with E-state index in [0.29, 0.717) is 6.54 Å². The van der Waals surface area contributed by atoms with Gasteiger partial charge in [-0.3, -0.25) is 14.4 Å². The van der Waals surface area contributed by atoms with Gasteiger partial charge in [-0.2, -0.15) is 0 Å². The van der Waals surface area contributed by atoms with Crippen LogP contribution in [0.1, 0.15) is 49.4 Å². The number of aliphatic carboxylic acids is 1. The molecule has 2 aliphatic rings. The Hall–Kier alpha value is -1.89. The quantitative estimate of drug-likeness (QED) is 0.823. The van der Waals surface area contributed by atoms with Crippen LogP contribution in [0.2, 0.25) is 0 Å². The van der Waals surface area contributed by atoms with E-state index in [4.69, 9.17) is 5.11 Å². The third kappa shape index (κ3) is 3.77. The number of nitrogens with one attached hydrogen (secondary N) is 1. The van der Waals surface area contributed by atoms with Crippen LogP contribution in [0.15, 0.2) is 17.5 Å². The first-order chi connectivity index (χ1) is 11.5. The molecule has 0 aromatic carbocycles. The molecule has 1 saturated carbocycles. The number of likely N-dealkylation sites (tertiary alicyclic amines) is 1. The number of carbonyl (C=O) groups excluding carboxylic acids is 2. The molecule has 0 bridgehead atoms. The molecule has 1 saturated heterocycles. The van der Waals surface area contributed by atoms with E-state index in [0.717, 1.165) is 30.6 Å². The Kier molecular flexibility index (Phi) is 5.18. The Bertz CT molecular complexity index is 610. The van der Waals surface area contributed by atoms with Crippen LogP contribution >= 0.6 is 11.3 Å². The summed E-state index contributed by atoms with van der Waals surface area (Å²) in [5, 5.41) is 13.8. The zero-order valence-corrected chi connectivity index (χ0v) is 14.3. The van der Waals surface area contributed by atoms with Crippen molar-refractivity contribution >= 4 is 29.1 Å². The first-order valence-electron chi connectivity index (χ1n) is 8.39. The molecule has 0 radical (unpaired) electrons. The van der Waals surface area contributed by atoms with Crippen LogP contribution in [-0.4, -0.2) is 40.4 Å². The number of carboxylic acids is 1. The largest absolute Gasteiger partial charge is 0.481 e. The molecule has 2 N–H and O–H groups in total. The minimum Gasteiger partial charge on any atom is -0.481 e. The van der Waals surface area contributed by atoms with Gasteiger partial charge in [0, 0.05) is 23.9 Å². The van der Waals surface area contributed by atoms with E-state index < -0.39 is 12.0 Å². The van der Waals surface area contributed by atoms with Crippen molar-refractivity contribution < 1.29 is 19.5 Å². The van der Waals surface area contributed by atoms with Gasteiger partial charge >= 0.3 is 5.97 Å². The molecular formula is C17H22N2O4S. The van der Waals surface area contributed by atoms with Gasteiger partial charge in [0.2, 0.25) is 11.8 Å². The van der Waals surface area contributed by atoms with E-state index in [9.17, 15) is 14.4 Å². The van der Waals surface area contributed by atoms with Crippen molar-refractivity contribution in [2.75, 3.05) is 6.54 Å². The van der Waals surface area contributed by atoms with Crippen molar-refractivity contribution in [1.29, 1.82) is 0 Å². The van der Waals surface area contributed by atoms with Crippen LogP contribution in [0, 0.1) is 5.92 Å². The lowest BCUT2D eigenvalue weighted by atomic mass is 10.1. The second kappa shape index (κ2) is 7.34. The molecule has 2 amide bonds. The Morgan fingerprint density at radius 2 is 2.12 bits per heavy atom.